The van der Waals surface area contributed by atoms with E-state index in [9.17, 15) is 19.5 Å². The van der Waals surface area contributed by atoms with E-state index >= 15 is 0 Å². The quantitative estimate of drug-likeness (QED) is 0.386. The Bertz CT molecular complexity index is 1140. The van der Waals surface area contributed by atoms with Crippen LogP contribution in [0.2, 0.25) is 10.0 Å². The maximum Gasteiger partial charge on any atom is 0.407 e. The summed E-state index contributed by atoms with van der Waals surface area (Å²) < 4.78 is 6.27. The van der Waals surface area contributed by atoms with Crippen LogP contribution in [0.5, 0.6) is 0 Å². The molecule has 1 aromatic heterocycles. The first-order valence-electron chi connectivity index (χ1n) is 9.93. The number of ether oxygens (including phenoxy) is 1. The predicted molar refractivity (Wildman–Crippen MR) is 124 cm³/mol. The van der Waals surface area contributed by atoms with Gasteiger partial charge in [0.1, 0.15) is 12.6 Å². The van der Waals surface area contributed by atoms with Crippen LogP contribution in [0.4, 0.5) is 4.79 Å². The SMILES string of the molecule is O=C(O)CC(NC(=O)OCCc1ccccc1)C(=O)Cn1nnnc1Sc1c(Cl)cccc1Cl. The van der Waals surface area contributed by atoms with Crippen LogP contribution in [0.25, 0.3) is 0 Å². The maximum absolute atomic E-state index is 12.8. The van der Waals surface area contributed by atoms with Crippen LogP contribution < -0.4 is 5.32 Å². The molecule has 0 aliphatic rings. The number of carboxylic acid groups (broad SMARTS) is 1. The third kappa shape index (κ3) is 7.44. The Hall–Kier alpha value is -3.15. The average Bonchev–Trinajstić information content (AvgIpc) is 3.23. The molecule has 0 radical (unpaired) electrons. The first-order valence-corrected chi connectivity index (χ1v) is 11.5. The lowest BCUT2D eigenvalue weighted by molar-refractivity contribution is -0.139. The van der Waals surface area contributed by atoms with Crippen molar-refractivity contribution in [3.05, 3.63) is 64.1 Å². The van der Waals surface area contributed by atoms with Crippen molar-refractivity contribution in [2.24, 2.45) is 0 Å². The summed E-state index contributed by atoms with van der Waals surface area (Å²) in [7, 11) is 0. The zero-order chi connectivity index (χ0) is 24.5. The Morgan fingerprint density at radius 3 is 2.47 bits per heavy atom. The third-order valence-corrected chi connectivity index (χ3v) is 6.42. The number of aliphatic carboxylic acids is 1. The zero-order valence-electron chi connectivity index (χ0n) is 17.6. The molecule has 0 fully saturated rings. The fourth-order valence-corrected chi connectivity index (χ4v) is 4.23. The molecule has 0 bridgehead atoms. The monoisotopic (exact) mass is 523 g/mol. The number of carbonyl (C=O) groups is 3. The van der Waals surface area contributed by atoms with Gasteiger partial charge in [0.05, 0.1) is 28.0 Å². The van der Waals surface area contributed by atoms with Crippen molar-refractivity contribution in [2.45, 2.75) is 35.5 Å². The van der Waals surface area contributed by atoms with E-state index in [1.807, 2.05) is 30.3 Å². The lowest BCUT2D eigenvalue weighted by Gasteiger charge is -2.16. The Morgan fingerprint density at radius 1 is 1.09 bits per heavy atom. The highest BCUT2D eigenvalue weighted by molar-refractivity contribution is 7.99. The van der Waals surface area contributed by atoms with Crippen molar-refractivity contribution in [1.82, 2.24) is 25.5 Å². The van der Waals surface area contributed by atoms with Gasteiger partial charge in [0.25, 0.3) is 0 Å². The molecule has 0 spiro atoms. The number of hydrogen-bond donors (Lipinski definition) is 2. The summed E-state index contributed by atoms with van der Waals surface area (Å²) in [6.45, 7) is -0.324. The number of alkyl carbamates (subject to hydrolysis) is 1. The Morgan fingerprint density at radius 2 is 1.79 bits per heavy atom. The number of Topliss-reactive ketones (excluding diaryl/α,β-unsaturated/α-hetero) is 1. The van der Waals surface area contributed by atoms with Gasteiger partial charge < -0.3 is 15.2 Å². The van der Waals surface area contributed by atoms with Crippen LogP contribution in [0.1, 0.15) is 12.0 Å². The van der Waals surface area contributed by atoms with Gasteiger partial charge in [0.2, 0.25) is 5.16 Å². The van der Waals surface area contributed by atoms with Gasteiger partial charge in [-0.1, -0.05) is 59.6 Å². The second-order valence-corrected chi connectivity index (χ2v) is 8.70. The molecule has 0 aliphatic heterocycles. The summed E-state index contributed by atoms with van der Waals surface area (Å²) in [6.07, 6.45) is -1.06. The minimum absolute atomic E-state index is 0.0657. The highest BCUT2D eigenvalue weighted by Crippen LogP contribution is 2.37. The number of tetrazole rings is 1. The van der Waals surface area contributed by atoms with Crippen LogP contribution in [-0.4, -0.2) is 55.8 Å². The second-order valence-electron chi connectivity index (χ2n) is 6.90. The van der Waals surface area contributed by atoms with Crippen LogP contribution in [0.3, 0.4) is 0 Å². The normalized spacial score (nSPS) is 11.6. The van der Waals surface area contributed by atoms with E-state index in [4.69, 9.17) is 27.9 Å². The molecule has 2 aromatic carbocycles. The van der Waals surface area contributed by atoms with Crippen molar-refractivity contribution in [3.63, 3.8) is 0 Å². The van der Waals surface area contributed by atoms with Gasteiger partial charge in [-0.3, -0.25) is 9.59 Å². The fraction of sp³-hybridized carbons (Fsp3) is 0.238. The molecule has 178 valence electrons. The predicted octanol–water partition coefficient (Wildman–Crippen LogP) is 3.51. The number of nitrogens with zero attached hydrogens (tertiary/aromatic N) is 4. The van der Waals surface area contributed by atoms with E-state index in [0.717, 1.165) is 17.3 Å². The highest BCUT2D eigenvalue weighted by Gasteiger charge is 2.26. The van der Waals surface area contributed by atoms with Crippen molar-refractivity contribution in [3.8, 4) is 0 Å². The lowest BCUT2D eigenvalue weighted by Crippen LogP contribution is -2.44. The summed E-state index contributed by atoms with van der Waals surface area (Å²) in [6, 6.07) is 13.0. The Labute approximate surface area is 208 Å². The number of aromatic nitrogens is 4. The number of halogens is 2. The molecule has 3 aromatic rings. The first-order chi connectivity index (χ1) is 16.3. The van der Waals surface area contributed by atoms with Gasteiger partial charge >= 0.3 is 12.1 Å². The molecule has 2 N–H and O–H groups in total. The van der Waals surface area contributed by atoms with Gasteiger partial charge in [-0.25, -0.2) is 9.48 Å². The number of ketones is 1. The van der Waals surface area contributed by atoms with Gasteiger partial charge in [-0.2, -0.15) is 0 Å². The van der Waals surface area contributed by atoms with E-state index < -0.39 is 30.3 Å². The standard InChI is InChI=1S/C21H19Cl2N5O5S/c22-14-7-4-8-15(23)19(14)34-20-25-26-27-28(20)12-17(29)16(11-18(30)31)24-21(32)33-10-9-13-5-2-1-3-6-13/h1-8,16H,9-12H2,(H,24,32)(H,30,31). The second kappa shape index (κ2) is 12.4. The molecule has 0 saturated heterocycles. The summed E-state index contributed by atoms with van der Waals surface area (Å²) in [5.74, 6) is -1.89. The zero-order valence-corrected chi connectivity index (χ0v) is 19.9. The van der Waals surface area contributed by atoms with E-state index in [0.29, 0.717) is 21.4 Å². The Kier molecular flexibility index (Phi) is 9.25. The van der Waals surface area contributed by atoms with Gasteiger partial charge in [-0.15, -0.1) is 5.10 Å². The van der Waals surface area contributed by atoms with Crippen LogP contribution >= 0.6 is 35.0 Å². The topological polar surface area (TPSA) is 136 Å². The molecule has 0 saturated carbocycles. The van der Waals surface area contributed by atoms with E-state index in [1.165, 1.54) is 4.68 Å². The maximum atomic E-state index is 12.8. The summed E-state index contributed by atoms with van der Waals surface area (Å²) in [4.78, 5) is 36.7. The van der Waals surface area contributed by atoms with Crippen molar-refractivity contribution >= 4 is 52.8 Å². The largest absolute Gasteiger partial charge is 0.481 e. The molecule has 10 nitrogen and oxygen atoms in total. The lowest BCUT2D eigenvalue weighted by atomic mass is 10.1. The van der Waals surface area contributed by atoms with Crippen LogP contribution in [-0.2, 0) is 27.3 Å². The van der Waals surface area contributed by atoms with Crippen LogP contribution in [0, 0.1) is 0 Å². The average molecular weight is 524 g/mol. The molecular formula is C21H19Cl2N5O5S. The number of hydrogen-bond acceptors (Lipinski definition) is 8. The summed E-state index contributed by atoms with van der Waals surface area (Å²) >= 11 is 13.4. The molecule has 1 amide bonds. The minimum atomic E-state index is -1.34. The number of benzene rings is 2. The van der Waals surface area contributed by atoms with Crippen LogP contribution in [0.15, 0.2) is 58.6 Å². The number of carbonyl (C=O) groups excluding carboxylic acids is 2. The molecule has 13 heteroatoms. The molecule has 1 atom stereocenters. The number of nitrogens with one attached hydrogen (secondary N) is 1. The third-order valence-electron chi connectivity index (χ3n) is 4.44. The number of amides is 1. The molecule has 3 rings (SSSR count). The van der Waals surface area contributed by atoms with E-state index in [-0.39, 0.29) is 18.3 Å². The first kappa shape index (κ1) is 25.5. The number of carboxylic acids is 1. The molecule has 34 heavy (non-hydrogen) atoms. The van der Waals surface area contributed by atoms with Gasteiger partial charge in [0, 0.05) is 6.42 Å². The summed E-state index contributed by atoms with van der Waals surface area (Å²) in [5, 5.41) is 23.7. The van der Waals surface area contributed by atoms with E-state index in [1.54, 1.807) is 18.2 Å². The van der Waals surface area contributed by atoms with Crippen molar-refractivity contribution in [1.29, 1.82) is 0 Å². The molecule has 1 unspecified atom stereocenters. The molecule has 0 aliphatic carbocycles. The van der Waals surface area contributed by atoms with Crippen molar-refractivity contribution < 1.29 is 24.2 Å². The van der Waals surface area contributed by atoms with Gasteiger partial charge in [0.15, 0.2) is 5.78 Å². The number of rotatable bonds is 11. The van der Waals surface area contributed by atoms with Crippen molar-refractivity contribution in [2.75, 3.05) is 6.61 Å². The minimum Gasteiger partial charge on any atom is -0.481 e. The molecule has 1 heterocycles. The fourth-order valence-electron chi connectivity index (χ4n) is 2.81. The molecular weight excluding hydrogens is 505 g/mol. The summed E-state index contributed by atoms with van der Waals surface area (Å²) in [5.41, 5.74) is 0.968. The van der Waals surface area contributed by atoms with Gasteiger partial charge in [-0.05, 0) is 39.9 Å². The smallest absolute Gasteiger partial charge is 0.407 e. The Balaban J connectivity index is 1.62. The highest BCUT2D eigenvalue weighted by atomic mass is 35.5. The van der Waals surface area contributed by atoms with E-state index in [2.05, 4.69) is 20.8 Å².